The molecule has 0 atom stereocenters. The number of anilines is 1. The van der Waals surface area contributed by atoms with Gasteiger partial charge in [0, 0.05) is 0 Å². The molecule has 0 unspecified atom stereocenters. The first kappa shape index (κ1) is 22.7. The zero-order valence-electron chi connectivity index (χ0n) is 16.3. The molecule has 29 heavy (non-hydrogen) atoms. The number of halogens is 1. The molecule has 2 rings (SSSR count). The molecule has 2 aromatic carbocycles. The first-order valence-corrected chi connectivity index (χ1v) is 10.7. The molecule has 0 fully saturated rings. The zero-order chi connectivity index (χ0) is 21.6. The average Bonchev–Trinajstić information content (AvgIpc) is 2.67. The van der Waals surface area contributed by atoms with Gasteiger partial charge < -0.3 is 9.47 Å². The van der Waals surface area contributed by atoms with Gasteiger partial charge in [0.05, 0.1) is 34.4 Å². The highest BCUT2D eigenvalue weighted by molar-refractivity contribution is 7.92. The van der Waals surface area contributed by atoms with E-state index in [-0.39, 0.29) is 34.4 Å². The maximum absolute atomic E-state index is 13.2. The van der Waals surface area contributed by atoms with E-state index in [1.54, 1.807) is 26.0 Å². The van der Waals surface area contributed by atoms with Crippen molar-refractivity contribution in [2.45, 2.75) is 25.7 Å². The average molecular weight is 440 g/mol. The number of sulfonamides is 1. The molecule has 0 spiro atoms. The number of rotatable bonds is 8. The SMILES string of the molecule is CCOC(=O)CN(c1ccc(Cl)c(C(=O)OCC)c1)S(=O)(=O)c1ccc(C)cc1. The summed E-state index contributed by atoms with van der Waals surface area (Å²) in [5, 5.41) is 0.107. The van der Waals surface area contributed by atoms with Crippen LogP contribution in [0.5, 0.6) is 0 Å². The lowest BCUT2D eigenvalue weighted by molar-refractivity contribution is -0.141. The van der Waals surface area contributed by atoms with Crippen LogP contribution in [0.1, 0.15) is 29.8 Å². The summed E-state index contributed by atoms with van der Waals surface area (Å²) in [7, 11) is -4.11. The van der Waals surface area contributed by atoms with Gasteiger partial charge in [0.25, 0.3) is 10.0 Å². The van der Waals surface area contributed by atoms with Crippen molar-refractivity contribution in [1.29, 1.82) is 0 Å². The van der Waals surface area contributed by atoms with E-state index in [0.717, 1.165) is 9.87 Å². The Kier molecular flexibility index (Phi) is 7.64. The van der Waals surface area contributed by atoms with E-state index in [0.29, 0.717) is 0 Å². The van der Waals surface area contributed by atoms with Crippen LogP contribution in [0.25, 0.3) is 0 Å². The van der Waals surface area contributed by atoms with Crippen LogP contribution in [0.2, 0.25) is 5.02 Å². The topological polar surface area (TPSA) is 90.0 Å². The molecular formula is C20H22ClNO6S. The monoisotopic (exact) mass is 439 g/mol. The summed E-state index contributed by atoms with van der Waals surface area (Å²) in [6, 6.07) is 10.3. The molecular weight excluding hydrogens is 418 g/mol. The number of carbonyl (C=O) groups is 2. The van der Waals surface area contributed by atoms with Crippen LogP contribution in [0.4, 0.5) is 5.69 Å². The number of benzene rings is 2. The molecule has 0 N–H and O–H groups in total. The van der Waals surface area contributed by atoms with Crippen LogP contribution in [0, 0.1) is 6.92 Å². The lowest BCUT2D eigenvalue weighted by atomic mass is 10.2. The Morgan fingerprint density at radius 1 is 1.00 bits per heavy atom. The maximum Gasteiger partial charge on any atom is 0.339 e. The molecule has 0 bridgehead atoms. The van der Waals surface area contributed by atoms with Crippen molar-refractivity contribution < 1.29 is 27.5 Å². The second-order valence-electron chi connectivity index (χ2n) is 6.01. The number of hydrogen-bond donors (Lipinski definition) is 0. The minimum Gasteiger partial charge on any atom is -0.465 e. The summed E-state index contributed by atoms with van der Waals surface area (Å²) >= 11 is 6.08. The van der Waals surface area contributed by atoms with E-state index in [9.17, 15) is 18.0 Å². The second kappa shape index (κ2) is 9.76. The Morgan fingerprint density at radius 2 is 1.62 bits per heavy atom. The standard InChI is InChI=1S/C20H22ClNO6S/c1-4-27-19(23)13-22(29(25,26)16-9-6-14(3)7-10-16)15-8-11-18(21)17(12-15)20(24)28-5-2/h6-12H,4-5,13H2,1-3H3. The summed E-state index contributed by atoms with van der Waals surface area (Å²) in [6.45, 7) is 4.77. The molecule has 0 heterocycles. The van der Waals surface area contributed by atoms with Gasteiger partial charge in [-0.3, -0.25) is 9.10 Å². The molecule has 0 aliphatic rings. The molecule has 0 radical (unpaired) electrons. The van der Waals surface area contributed by atoms with E-state index in [1.807, 2.05) is 6.92 Å². The molecule has 2 aromatic rings. The molecule has 0 aliphatic carbocycles. The van der Waals surface area contributed by atoms with Crippen LogP contribution in [-0.2, 0) is 24.3 Å². The van der Waals surface area contributed by atoms with Gasteiger partial charge in [0.15, 0.2) is 0 Å². The normalized spacial score (nSPS) is 11.0. The van der Waals surface area contributed by atoms with Gasteiger partial charge in [-0.25, -0.2) is 13.2 Å². The van der Waals surface area contributed by atoms with Crippen LogP contribution in [0.3, 0.4) is 0 Å². The summed E-state index contributed by atoms with van der Waals surface area (Å²) < 4.78 is 37.3. The Morgan fingerprint density at radius 3 is 2.21 bits per heavy atom. The molecule has 0 aliphatic heterocycles. The minimum atomic E-state index is -4.11. The van der Waals surface area contributed by atoms with Crippen molar-refractivity contribution in [1.82, 2.24) is 0 Å². The zero-order valence-corrected chi connectivity index (χ0v) is 17.9. The van der Waals surface area contributed by atoms with Gasteiger partial charge in [0.1, 0.15) is 6.54 Å². The molecule has 7 nitrogen and oxygen atoms in total. The van der Waals surface area contributed by atoms with Crippen molar-refractivity contribution in [2.75, 3.05) is 24.1 Å². The van der Waals surface area contributed by atoms with E-state index < -0.39 is 28.5 Å². The van der Waals surface area contributed by atoms with Crippen molar-refractivity contribution in [2.24, 2.45) is 0 Å². The van der Waals surface area contributed by atoms with Gasteiger partial charge >= 0.3 is 11.9 Å². The predicted molar refractivity (Wildman–Crippen MR) is 110 cm³/mol. The summed E-state index contributed by atoms with van der Waals surface area (Å²) in [4.78, 5) is 24.3. The fourth-order valence-corrected chi connectivity index (χ4v) is 4.11. The third kappa shape index (κ3) is 5.48. The molecule has 0 saturated heterocycles. The van der Waals surface area contributed by atoms with E-state index in [4.69, 9.17) is 21.1 Å². The van der Waals surface area contributed by atoms with Gasteiger partial charge in [-0.2, -0.15) is 0 Å². The molecule has 156 valence electrons. The molecule has 0 amide bonds. The second-order valence-corrected chi connectivity index (χ2v) is 8.28. The molecule has 9 heteroatoms. The fraction of sp³-hybridized carbons (Fsp3) is 0.300. The van der Waals surface area contributed by atoms with Gasteiger partial charge in [-0.1, -0.05) is 29.3 Å². The number of carbonyl (C=O) groups excluding carboxylic acids is 2. The maximum atomic E-state index is 13.2. The van der Waals surface area contributed by atoms with Crippen molar-refractivity contribution in [3.8, 4) is 0 Å². The van der Waals surface area contributed by atoms with Gasteiger partial charge in [0.2, 0.25) is 0 Å². The molecule has 0 aromatic heterocycles. The Labute approximate surface area is 175 Å². The number of nitrogens with zero attached hydrogens (tertiary/aromatic N) is 1. The third-order valence-corrected chi connectivity index (χ3v) is 6.04. The van der Waals surface area contributed by atoms with E-state index in [2.05, 4.69) is 0 Å². The first-order valence-electron chi connectivity index (χ1n) is 8.92. The summed E-state index contributed by atoms with van der Waals surface area (Å²) in [5.41, 5.74) is 0.974. The van der Waals surface area contributed by atoms with E-state index in [1.165, 1.54) is 30.3 Å². The van der Waals surface area contributed by atoms with Crippen LogP contribution >= 0.6 is 11.6 Å². The van der Waals surface area contributed by atoms with Crippen LogP contribution in [0.15, 0.2) is 47.4 Å². The largest absolute Gasteiger partial charge is 0.465 e. The van der Waals surface area contributed by atoms with Crippen LogP contribution in [-0.4, -0.2) is 40.1 Å². The minimum absolute atomic E-state index is 0.0000307. The lowest BCUT2D eigenvalue weighted by Crippen LogP contribution is -2.36. The van der Waals surface area contributed by atoms with E-state index >= 15 is 0 Å². The van der Waals surface area contributed by atoms with Gasteiger partial charge in [-0.05, 0) is 51.1 Å². The fourth-order valence-electron chi connectivity index (χ4n) is 2.51. The number of esters is 2. The highest BCUT2D eigenvalue weighted by Gasteiger charge is 2.29. The Balaban J connectivity index is 2.56. The Bertz CT molecular complexity index is 989. The summed E-state index contributed by atoms with van der Waals surface area (Å²) in [5.74, 6) is -1.42. The van der Waals surface area contributed by atoms with Gasteiger partial charge in [-0.15, -0.1) is 0 Å². The number of aryl methyl sites for hydroxylation is 1. The van der Waals surface area contributed by atoms with Crippen molar-refractivity contribution >= 4 is 39.3 Å². The summed E-state index contributed by atoms with van der Waals surface area (Å²) in [6.07, 6.45) is 0. The van der Waals surface area contributed by atoms with Crippen molar-refractivity contribution in [3.05, 3.63) is 58.6 Å². The third-order valence-electron chi connectivity index (χ3n) is 3.92. The highest BCUT2D eigenvalue weighted by Crippen LogP contribution is 2.28. The molecule has 0 saturated carbocycles. The predicted octanol–water partition coefficient (Wildman–Crippen LogP) is 3.58. The Hall–Kier alpha value is -2.58. The first-order chi connectivity index (χ1) is 13.7. The smallest absolute Gasteiger partial charge is 0.339 e. The number of hydrogen-bond acceptors (Lipinski definition) is 6. The van der Waals surface area contributed by atoms with Crippen LogP contribution < -0.4 is 4.31 Å². The lowest BCUT2D eigenvalue weighted by Gasteiger charge is -2.24. The quantitative estimate of drug-likeness (QED) is 0.584. The van der Waals surface area contributed by atoms with Crippen molar-refractivity contribution in [3.63, 3.8) is 0 Å². The highest BCUT2D eigenvalue weighted by atomic mass is 35.5. The number of ether oxygens (including phenoxy) is 2.